The molecule has 2 aliphatic rings. The van der Waals surface area contributed by atoms with Crippen LogP contribution in [0.4, 0.5) is 4.79 Å². The highest BCUT2D eigenvalue weighted by Gasteiger charge is 2.77. The third-order valence-electron chi connectivity index (χ3n) is 3.72. The lowest BCUT2D eigenvalue weighted by Gasteiger charge is -2.28. The molecule has 3 rings (SSSR count). The topological polar surface area (TPSA) is 75.6 Å². The number of nitrogens with one attached hydrogen (secondary N) is 1. The molecule has 0 radical (unpaired) electrons. The number of ether oxygens (including phenoxy) is 1. The molecule has 0 aromatic heterocycles. The zero-order chi connectivity index (χ0) is 12.1. The fourth-order valence-electron chi connectivity index (χ4n) is 2.67. The maximum atomic E-state index is 11.4. The minimum absolute atomic E-state index is 0.120. The molecule has 1 aliphatic carbocycles. The normalized spacial score (nSPS) is 34.2. The SMILES string of the molecule is O=C1N[C@]2(C(=O)O)C[C@]2(c2ccccc2)CO1. The van der Waals surface area contributed by atoms with Crippen LogP contribution in [0.1, 0.15) is 12.0 Å². The van der Waals surface area contributed by atoms with Gasteiger partial charge in [0.05, 0.1) is 5.41 Å². The number of hydrogen-bond acceptors (Lipinski definition) is 3. The molecule has 5 heteroatoms. The van der Waals surface area contributed by atoms with Crippen molar-refractivity contribution in [3.63, 3.8) is 0 Å². The molecule has 2 N–H and O–H groups in total. The van der Waals surface area contributed by atoms with Crippen molar-refractivity contribution in [3.8, 4) is 0 Å². The molecule has 1 aromatic rings. The Morgan fingerprint density at radius 1 is 1.35 bits per heavy atom. The number of benzene rings is 1. The minimum Gasteiger partial charge on any atom is -0.479 e. The maximum Gasteiger partial charge on any atom is 0.408 e. The van der Waals surface area contributed by atoms with Gasteiger partial charge in [-0.3, -0.25) is 0 Å². The van der Waals surface area contributed by atoms with Crippen molar-refractivity contribution in [2.75, 3.05) is 6.61 Å². The lowest BCUT2D eigenvalue weighted by atomic mass is 9.90. The fraction of sp³-hybridized carbons (Fsp3) is 0.333. The molecular formula is C12H11NO4. The fourth-order valence-corrected chi connectivity index (χ4v) is 2.67. The molecular weight excluding hydrogens is 222 g/mol. The Kier molecular flexibility index (Phi) is 1.79. The first-order valence-corrected chi connectivity index (χ1v) is 5.35. The highest BCUT2D eigenvalue weighted by atomic mass is 16.6. The Labute approximate surface area is 97.4 Å². The first kappa shape index (κ1) is 10.1. The number of fused-ring (bicyclic) bond motifs is 1. The first-order chi connectivity index (χ1) is 8.11. The monoisotopic (exact) mass is 233 g/mol. The van der Waals surface area contributed by atoms with E-state index < -0.39 is 23.0 Å². The van der Waals surface area contributed by atoms with E-state index in [4.69, 9.17) is 4.74 Å². The van der Waals surface area contributed by atoms with Crippen LogP contribution in [0, 0.1) is 0 Å². The molecule has 1 saturated carbocycles. The number of carbonyl (C=O) groups excluding carboxylic acids is 1. The highest BCUT2D eigenvalue weighted by molar-refractivity contribution is 5.93. The number of aliphatic carboxylic acids is 1. The van der Waals surface area contributed by atoms with Gasteiger partial charge >= 0.3 is 12.1 Å². The molecule has 88 valence electrons. The summed E-state index contributed by atoms with van der Waals surface area (Å²) in [6.07, 6.45) is -0.276. The predicted molar refractivity (Wildman–Crippen MR) is 57.6 cm³/mol. The Morgan fingerprint density at radius 2 is 2.06 bits per heavy atom. The van der Waals surface area contributed by atoms with Crippen molar-refractivity contribution in [1.82, 2.24) is 5.32 Å². The third-order valence-corrected chi connectivity index (χ3v) is 3.72. The molecule has 0 spiro atoms. The van der Waals surface area contributed by atoms with Crippen molar-refractivity contribution in [2.45, 2.75) is 17.4 Å². The average molecular weight is 233 g/mol. The lowest BCUT2D eigenvalue weighted by Crippen LogP contribution is -2.54. The standard InChI is InChI=1S/C12H11NO4/c14-9(15)12-6-11(12,7-17-10(16)13-12)8-4-2-1-3-5-8/h1-5H,6-7H2,(H,13,16)(H,14,15)/t11-,12+/m1/s1. The summed E-state index contributed by atoms with van der Waals surface area (Å²) in [5.41, 5.74) is -0.917. The van der Waals surface area contributed by atoms with E-state index in [0.717, 1.165) is 5.56 Å². The van der Waals surface area contributed by atoms with Gasteiger partial charge < -0.3 is 15.2 Å². The largest absolute Gasteiger partial charge is 0.479 e. The lowest BCUT2D eigenvalue weighted by molar-refractivity contribution is -0.142. The maximum absolute atomic E-state index is 11.4. The smallest absolute Gasteiger partial charge is 0.408 e. The molecule has 2 fully saturated rings. The van der Waals surface area contributed by atoms with Crippen molar-refractivity contribution in [2.24, 2.45) is 0 Å². The van der Waals surface area contributed by atoms with Gasteiger partial charge in [0, 0.05) is 0 Å². The van der Waals surface area contributed by atoms with Gasteiger partial charge in [-0.05, 0) is 12.0 Å². The van der Waals surface area contributed by atoms with E-state index in [1.807, 2.05) is 30.3 Å². The predicted octanol–water partition coefficient (Wildman–Crippen LogP) is 0.891. The second-order valence-electron chi connectivity index (χ2n) is 4.54. The van der Waals surface area contributed by atoms with Gasteiger partial charge in [-0.1, -0.05) is 30.3 Å². The summed E-state index contributed by atoms with van der Waals surface area (Å²) in [6, 6.07) is 9.31. The number of cyclic esters (lactones) is 1. The summed E-state index contributed by atoms with van der Waals surface area (Å²) in [4.78, 5) is 22.6. The number of carbonyl (C=O) groups is 2. The quantitative estimate of drug-likeness (QED) is 0.795. The van der Waals surface area contributed by atoms with Gasteiger partial charge in [-0.25, -0.2) is 9.59 Å². The van der Waals surface area contributed by atoms with Crippen LogP contribution < -0.4 is 5.32 Å². The van der Waals surface area contributed by atoms with Gasteiger partial charge in [0.25, 0.3) is 0 Å². The molecule has 5 nitrogen and oxygen atoms in total. The van der Waals surface area contributed by atoms with Crippen LogP contribution in [-0.4, -0.2) is 29.3 Å². The summed E-state index contributed by atoms with van der Waals surface area (Å²) in [5, 5.41) is 11.8. The summed E-state index contributed by atoms with van der Waals surface area (Å²) in [6.45, 7) is 0.120. The molecule has 0 unspecified atom stereocenters. The number of carboxylic acids is 1. The van der Waals surface area contributed by atoms with E-state index in [1.54, 1.807) is 0 Å². The Balaban J connectivity index is 2.05. The Hall–Kier alpha value is -2.04. The van der Waals surface area contributed by atoms with Crippen molar-refractivity contribution < 1.29 is 19.4 Å². The molecule has 1 aromatic carbocycles. The summed E-state index contributed by atoms with van der Waals surface area (Å²) < 4.78 is 4.95. The Morgan fingerprint density at radius 3 is 2.71 bits per heavy atom. The summed E-state index contributed by atoms with van der Waals surface area (Å²) >= 11 is 0. The number of carboxylic acid groups (broad SMARTS) is 1. The second kappa shape index (κ2) is 3.00. The van der Waals surface area contributed by atoms with Crippen LogP contribution in [-0.2, 0) is 14.9 Å². The van der Waals surface area contributed by atoms with Crippen LogP contribution >= 0.6 is 0 Å². The number of alkyl carbamates (subject to hydrolysis) is 1. The number of amides is 1. The van der Waals surface area contributed by atoms with E-state index in [2.05, 4.69) is 5.32 Å². The molecule has 17 heavy (non-hydrogen) atoms. The molecule has 1 heterocycles. The molecule has 1 amide bonds. The molecule has 0 bridgehead atoms. The van der Waals surface area contributed by atoms with Crippen LogP contribution in [0.25, 0.3) is 0 Å². The van der Waals surface area contributed by atoms with E-state index in [1.165, 1.54) is 0 Å². The van der Waals surface area contributed by atoms with Crippen LogP contribution in [0.3, 0.4) is 0 Å². The van der Waals surface area contributed by atoms with E-state index in [-0.39, 0.29) is 6.61 Å². The third kappa shape index (κ3) is 1.13. The minimum atomic E-state index is -1.19. The van der Waals surface area contributed by atoms with Crippen LogP contribution in [0.2, 0.25) is 0 Å². The van der Waals surface area contributed by atoms with Crippen molar-refractivity contribution >= 4 is 12.1 Å². The van der Waals surface area contributed by atoms with Gasteiger partial charge in [0.15, 0.2) is 5.54 Å². The Bertz CT molecular complexity index is 500. The van der Waals surface area contributed by atoms with E-state index in [0.29, 0.717) is 6.42 Å². The summed E-state index contributed by atoms with van der Waals surface area (Å²) in [5.74, 6) is -1.00. The molecule has 2 atom stereocenters. The number of rotatable bonds is 2. The zero-order valence-corrected chi connectivity index (χ0v) is 8.97. The van der Waals surface area contributed by atoms with Gasteiger partial charge in [0.1, 0.15) is 6.61 Å². The molecule has 1 saturated heterocycles. The first-order valence-electron chi connectivity index (χ1n) is 5.35. The van der Waals surface area contributed by atoms with E-state index in [9.17, 15) is 14.7 Å². The van der Waals surface area contributed by atoms with Gasteiger partial charge in [-0.15, -0.1) is 0 Å². The average Bonchev–Trinajstić information content (AvgIpc) is 3.01. The van der Waals surface area contributed by atoms with Gasteiger partial charge in [-0.2, -0.15) is 0 Å². The molecule has 1 aliphatic heterocycles. The second-order valence-corrected chi connectivity index (χ2v) is 4.54. The van der Waals surface area contributed by atoms with Gasteiger partial charge in [0.2, 0.25) is 0 Å². The van der Waals surface area contributed by atoms with Crippen LogP contribution in [0.15, 0.2) is 30.3 Å². The highest BCUT2D eigenvalue weighted by Crippen LogP contribution is 2.59. The van der Waals surface area contributed by atoms with E-state index >= 15 is 0 Å². The van der Waals surface area contributed by atoms with Crippen molar-refractivity contribution in [3.05, 3.63) is 35.9 Å². The number of hydrogen-bond donors (Lipinski definition) is 2. The zero-order valence-electron chi connectivity index (χ0n) is 8.97. The van der Waals surface area contributed by atoms with Crippen molar-refractivity contribution in [1.29, 1.82) is 0 Å². The van der Waals surface area contributed by atoms with Crippen LogP contribution in [0.5, 0.6) is 0 Å². The summed E-state index contributed by atoms with van der Waals surface area (Å²) in [7, 11) is 0.